The van der Waals surface area contributed by atoms with Crippen LogP contribution in [0.2, 0.25) is 0 Å². The number of nitrogens with one attached hydrogen (secondary N) is 1. The number of ether oxygens (including phenoxy) is 2. The minimum absolute atomic E-state index is 0.159. The smallest absolute Gasteiger partial charge is 0.265 e. The Balaban J connectivity index is 1.99. The van der Waals surface area contributed by atoms with E-state index in [1.165, 1.54) is 0 Å². The van der Waals surface area contributed by atoms with Crippen molar-refractivity contribution in [3.8, 4) is 11.5 Å². The molecule has 0 saturated heterocycles. The van der Waals surface area contributed by atoms with Gasteiger partial charge in [-0.15, -0.1) is 0 Å². The van der Waals surface area contributed by atoms with Crippen molar-refractivity contribution in [2.75, 3.05) is 19.8 Å². The number of rotatable bonds is 5. The number of halogens is 2. The summed E-state index contributed by atoms with van der Waals surface area (Å²) in [5, 5.41) is 12.0. The van der Waals surface area contributed by atoms with E-state index in [0.717, 1.165) is 12.0 Å². The second-order valence-electron chi connectivity index (χ2n) is 4.79. The summed E-state index contributed by atoms with van der Waals surface area (Å²) in [6.45, 7) is 2.91. The van der Waals surface area contributed by atoms with Gasteiger partial charge >= 0.3 is 0 Å². The van der Waals surface area contributed by atoms with Gasteiger partial charge in [0.05, 0.1) is 13.2 Å². The molecule has 1 aromatic rings. The van der Waals surface area contributed by atoms with Crippen LogP contribution in [-0.4, -0.2) is 37.4 Å². The van der Waals surface area contributed by atoms with Crippen LogP contribution < -0.4 is 14.8 Å². The van der Waals surface area contributed by atoms with Gasteiger partial charge in [-0.25, -0.2) is 8.78 Å². The van der Waals surface area contributed by atoms with Gasteiger partial charge in [-0.1, -0.05) is 6.07 Å². The van der Waals surface area contributed by atoms with Crippen molar-refractivity contribution >= 4 is 0 Å². The molecule has 0 spiro atoms. The summed E-state index contributed by atoms with van der Waals surface area (Å²) in [4.78, 5) is 0. The fourth-order valence-corrected chi connectivity index (χ4v) is 1.95. The van der Waals surface area contributed by atoms with E-state index in [1.807, 2.05) is 25.1 Å². The van der Waals surface area contributed by atoms with Crippen LogP contribution in [0.3, 0.4) is 0 Å². The molecule has 2 unspecified atom stereocenters. The van der Waals surface area contributed by atoms with E-state index in [1.54, 1.807) is 0 Å². The van der Waals surface area contributed by atoms with Crippen LogP contribution in [0.4, 0.5) is 8.78 Å². The second-order valence-corrected chi connectivity index (χ2v) is 4.79. The lowest BCUT2D eigenvalue weighted by Gasteiger charge is -2.18. The Morgan fingerprint density at radius 1 is 1.25 bits per heavy atom. The molecule has 1 aliphatic heterocycles. The normalized spacial score (nSPS) is 17.6. The van der Waals surface area contributed by atoms with Crippen LogP contribution in [0.1, 0.15) is 24.9 Å². The Bertz CT molecular complexity index is 442. The van der Waals surface area contributed by atoms with Crippen molar-refractivity contribution < 1.29 is 23.4 Å². The molecular weight excluding hydrogens is 268 g/mol. The lowest BCUT2D eigenvalue weighted by Crippen LogP contribution is -2.33. The highest BCUT2D eigenvalue weighted by Gasteiger charge is 2.18. The molecule has 6 heteroatoms. The monoisotopic (exact) mass is 287 g/mol. The molecule has 0 aliphatic carbocycles. The van der Waals surface area contributed by atoms with E-state index in [0.29, 0.717) is 24.7 Å². The van der Waals surface area contributed by atoms with Gasteiger partial charge in [0.2, 0.25) is 0 Å². The summed E-state index contributed by atoms with van der Waals surface area (Å²) in [7, 11) is 0. The summed E-state index contributed by atoms with van der Waals surface area (Å²) in [6, 6.07) is 5.35. The van der Waals surface area contributed by atoms with Crippen molar-refractivity contribution in [2.24, 2.45) is 0 Å². The zero-order valence-electron chi connectivity index (χ0n) is 11.3. The van der Waals surface area contributed by atoms with Crippen molar-refractivity contribution in [3.05, 3.63) is 23.8 Å². The van der Waals surface area contributed by atoms with Gasteiger partial charge in [0.1, 0.15) is 6.10 Å². The highest BCUT2D eigenvalue weighted by Crippen LogP contribution is 2.32. The first-order valence-corrected chi connectivity index (χ1v) is 6.67. The molecule has 0 saturated carbocycles. The van der Waals surface area contributed by atoms with Crippen LogP contribution in [-0.2, 0) is 0 Å². The van der Waals surface area contributed by atoms with Gasteiger partial charge in [-0.2, -0.15) is 0 Å². The summed E-state index contributed by atoms with van der Waals surface area (Å²) < 4.78 is 35.6. The molecule has 0 bridgehead atoms. The molecule has 0 radical (unpaired) electrons. The van der Waals surface area contributed by atoms with Crippen LogP contribution >= 0.6 is 0 Å². The first kappa shape index (κ1) is 15.0. The van der Waals surface area contributed by atoms with Gasteiger partial charge in [0.25, 0.3) is 6.43 Å². The van der Waals surface area contributed by atoms with Gasteiger partial charge < -0.3 is 19.9 Å². The number of benzene rings is 1. The molecule has 4 nitrogen and oxygen atoms in total. The third kappa shape index (κ3) is 3.80. The lowest BCUT2D eigenvalue weighted by molar-refractivity contribution is -0.00439. The molecule has 2 atom stereocenters. The zero-order chi connectivity index (χ0) is 14.5. The van der Waals surface area contributed by atoms with Gasteiger partial charge in [-0.3, -0.25) is 0 Å². The Morgan fingerprint density at radius 2 is 1.95 bits per heavy atom. The maximum absolute atomic E-state index is 12.2. The molecule has 2 rings (SSSR count). The van der Waals surface area contributed by atoms with Crippen molar-refractivity contribution in [1.82, 2.24) is 5.32 Å². The quantitative estimate of drug-likeness (QED) is 0.871. The molecule has 1 heterocycles. The van der Waals surface area contributed by atoms with Gasteiger partial charge in [0, 0.05) is 19.0 Å². The maximum atomic E-state index is 12.2. The minimum atomic E-state index is -2.74. The molecular formula is C14H19F2NO3. The molecule has 2 N–H and O–H groups in total. The van der Waals surface area contributed by atoms with E-state index < -0.39 is 12.5 Å². The zero-order valence-corrected chi connectivity index (χ0v) is 11.3. The second kappa shape index (κ2) is 6.85. The van der Waals surface area contributed by atoms with Crippen LogP contribution in [0.15, 0.2) is 18.2 Å². The Morgan fingerprint density at radius 3 is 2.65 bits per heavy atom. The van der Waals surface area contributed by atoms with E-state index >= 15 is 0 Å². The van der Waals surface area contributed by atoms with E-state index in [9.17, 15) is 8.78 Å². The van der Waals surface area contributed by atoms with Gasteiger partial charge in [0.15, 0.2) is 11.5 Å². The van der Waals surface area contributed by atoms with Crippen LogP contribution in [0.25, 0.3) is 0 Å². The van der Waals surface area contributed by atoms with Crippen molar-refractivity contribution in [2.45, 2.75) is 31.9 Å². The molecule has 112 valence electrons. The Hall–Kier alpha value is -1.40. The summed E-state index contributed by atoms with van der Waals surface area (Å²) in [5.41, 5.74) is 0.899. The average Bonchev–Trinajstić information content (AvgIpc) is 2.68. The van der Waals surface area contributed by atoms with Crippen LogP contribution in [0.5, 0.6) is 11.5 Å². The number of alkyl halides is 2. The molecule has 0 fully saturated rings. The van der Waals surface area contributed by atoms with E-state index in [2.05, 4.69) is 5.32 Å². The third-order valence-electron chi connectivity index (χ3n) is 3.20. The number of fused-ring (bicyclic) bond motifs is 1. The molecule has 20 heavy (non-hydrogen) atoms. The number of aliphatic hydroxyl groups is 1. The number of hydrogen-bond donors (Lipinski definition) is 2. The highest BCUT2D eigenvalue weighted by atomic mass is 19.3. The SMILES string of the molecule is CC(NCC(O)C(F)F)c1ccc2c(c1)OCCCO2. The highest BCUT2D eigenvalue weighted by molar-refractivity contribution is 5.44. The van der Waals surface area contributed by atoms with Crippen molar-refractivity contribution in [3.63, 3.8) is 0 Å². The molecule has 0 aromatic heterocycles. The van der Waals surface area contributed by atoms with Gasteiger partial charge in [-0.05, 0) is 24.6 Å². The first-order chi connectivity index (χ1) is 9.58. The number of aliphatic hydroxyl groups excluding tert-OH is 1. The molecule has 1 aromatic carbocycles. The minimum Gasteiger partial charge on any atom is -0.490 e. The van der Waals surface area contributed by atoms with E-state index in [-0.39, 0.29) is 12.6 Å². The lowest BCUT2D eigenvalue weighted by atomic mass is 10.1. The predicted molar refractivity (Wildman–Crippen MR) is 70.5 cm³/mol. The summed E-state index contributed by atoms with van der Waals surface area (Å²) in [6.07, 6.45) is -3.56. The summed E-state index contributed by atoms with van der Waals surface area (Å²) >= 11 is 0. The van der Waals surface area contributed by atoms with Crippen molar-refractivity contribution in [1.29, 1.82) is 0 Å². The predicted octanol–water partition coefficient (Wildman–Crippen LogP) is 2.12. The first-order valence-electron chi connectivity index (χ1n) is 6.67. The Kier molecular flexibility index (Phi) is 5.14. The topological polar surface area (TPSA) is 50.7 Å². The van der Waals surface area contributed by atoms with Crippen LogP contribution in [0, 0.1) is 0 Å². The van der Waals surface area contributed by atoms with E-state index in [4.69, 9.17) is 14.6 Å². The average molecular weight is 287 g/mol. The fourth-order valence-electron chi connectivity index (χ4n) is 1.95. The summed E-state index contributed by atoms with van der Waals surface area (Å²) in [5.74, 6) is 1.37. The third-order valence-corrected chi connectivity index (χ3v) is 3.20. The molecule has 1 aliphatic rings. The standard InChI is InChI=1S/C14H19F2NO3/c1-9(17-8-11(18)14(15)16)10-3-4-12-13(7-10)20-6-2-5-19-12/h3-4,7,9,11,14,17-18H,2,5-6,8H2,1H3. The Labute approximate surface area is 116 Å². The molecule has 0 amide bonds. The fraction of sp³-hybridized carbons (Fsp3) is 0.571. The maximum Gasteiger partial charge on any atom is 0.265 e. The number of hydrogen-bond acceptors (Lipinski definition) is 4. The largest absolute Gasteiger partial charge is 0.490 e.